The van der Waals surface area contributed by atoms with Crippen molar-refractivity contribution in [1.82, 2.24) is 9.95 Å². The molecule has 0 saturated carbocycles. The molecule has 0 aliphatic carbocycles. The van der Waals surface area contributed by atoms with Crippen molar-refractivity contribution >= 4 is 11.9 Å². The molecule has 1 aromatic carbocycles. The smallest absolute Gasteiger partial charge is 0.126 e. The van der Waals surface area contributed by atoms with Gasteiger partial charge in [-0.25, -0.2) is 10.2 Å². The number of benzene rings is 1. The molecule has 14 heavy (non-hydrogen) atoms. The van der Waals surface area contributed by atoms with Gasteiger partial charge in [-0.2, -0.15) is 0 Å². The molecule has 1 aliphatic heterocycles. The number of nitrogens with zero attached hydrogens (tertiary/aromatic N) is 1. The van der Waals surface area contributed by atoms with Gasteiger partial charge >= 0.3 is 0 Å². The first-order chi connectivity index (χ1) is 6.75. The summed E-state index contributed by atoms with van der Waals surface area (Å²) in [4.78, 5) is 0.998. The van der Waals surface area contributed by atoms with E-state index in [0.717, 1.165) is 4.91 Å². The van der Waals surface area contributed by atoms with Gasteiger partial charge in [0.15, 0.2) is 0 Å². The fraction of sp³-hybridized carbons (Fsp3) is 0.111. The standard InChI is InChI=1S/C9H10FN3S/c10-9-4-2-1-3-7(9)5-8-6-12-13(11)14-8/h1-4,6,12H,5,11H2. The van der Waals surface area contributed by atoms with E-state index in [1.165, 1.54) is 22.5 Å². The van der Waals surface area contributed by atoms with Gasteiger partial charge in [0, 0.05) is 17.5 Å². The van der Waals surface area contributed by atoms with E-state index in [4.69, 9.17) is 5.84 Å². The summed E-state index contributed by atoms with van der Waals surface area (Å²) in [7, 11) is 0. The summed E-state index contributed by atoms with van der Waals surface area (Å²) in [5.74, 6) is 5.28. The quantitative estimate of drug-likeness (QED) is 0.575. The van der Waals surface area contributed by atoms with Crippen molar-refractivity contribution < 1.29 is 4.39 Å². The minimum Gasteiger partial charge on any atom is -0.302 e. The zero-order chi connectivity index (χ0) is 9.97. The van der Waals surface area contributed by atoms with Crippen LogP contribution >= 0.6 is 11.9 Å². The first kappa shape index (κ1) is 9.51. The molecule has 3 N–H and O–H groups in total. The summed E-state index contributed by atoms with van der Waals surface area (Å²) in [6, 6.07) is 6.74. The molecule has 0 radical (unpaired) electrons. The van der Waals surface area contributed by atoms with Crippen LogP contribution in [-0.4, -0.2) is 4.52 Å². The van der Waals surface area contributed by atoms with E-state index in [2.05, 4.69) is 5.43 Å². The first-order valence-corrected chi connectivity index (χ1v) is 4.94. The minimum atomic E-state index is -0.176. The van der Waals surface area contributed by atoms with Crippen molar-refractivity contribution in [3.63, 3.8) is 0 Å². The Morgan fingerprint density at radius 2 is 2.21 bits per heavy atom. The number of halogens is 1. The molecule has 0 unspecified atom stereocenters. The van der Waals surface area contributed by atoms with E-state index in [1.807, 2.05) is 6.07 Å². The lowest BCUT2D eigenvalue weighted by atomic mass is 10.1. The molecule has 1 aromatic rings. The molecule has 3 nitrogen and oxygen atoms in total. The van der Waals surface area contributed by atoms with Gasteiger partial charge in [0.05, 0.1) is 0 Å². The van der Waals surface area contributed by atoms with Crippen LogP contribution < -0.4 is 11.3 Å². The fourth-order valence-electron chi connectivity index (χ4n) is 1.23. The van der Waals surface area contributed by atoms with Crippen molar-refractivity contribution in [2.45, 2.75) is 6.42 Å². The molecule has 0 spiro atoms. The molecule has 74 valence electrons. The first-order valence-electron chi connectivity index (χ1n) is 4.17. The highest BCUT2D eigenvalue weighted by Crippen LogP contribution is 2.25. The van der Waals surface area contributed by atoms with Crippen molar-refractivity contribution in [3.05, 3.63) is 46.8 Å². The second kappa shape index (κ2) is 4.00. The highest BCUT2D eigenvalue weighted by Gasteiger charge is 2.13. The SMILES string of the molecule is NN1NC=C(Cc2ccccc2F)S1. The van der Waals surface area contributed by atoms with Crippen LogP contribution in [0.1, 0.15) is 5.56 Å². The highest BCUT2D eigenvalue weighted by atomic mass is 32.2. The van der Waals surface area contributed by atoms with E-state index in [9.17, 15) is 4.39 Å². The van der Waals surface area contributed by atoms with Crippen LogP contribution in [0, 0.1) is 5.82 Å². The molecule has 1 heterocycles. The Bertz CT molecular complexity index is 367. The maximum atomic E-state index is 13.2. The zero-order valence-corrected chi connectivity index (χ0v) is 8.22. The number of hydrogen-bond acceptors (Lipinski definition) is 4. The Morgan fingerprint density at radius 1 is 1.43 bits per heavy atom. The lowest BCUT2D eigenvalue weighted by molar-refractivity contribution is 0.440. The normalized spacial score (nSPS) is 16.6. The molecular weight excluding hydrogens is 201 g/mol. The molecule has 0 saturated heterocycles. The van der Waals surface area contributed by atoms with E-state index < -0.39 is 0 Å². The van der Waals surface area contributed by atoms with Crippen LogP contribution in [0.15, 0.2) is 35.4 Å². The Balaban J connectivity index is 2.08. The number of nitrogens with two attached hydrogens (primary N) is 1. The van der Waals surface area contributed by atoms with Crippen LogP contribution in [0.25, 0.3) is 0 Å². The predicted molar refractivity (Wildman–Crippen MR) is 54.9 cm³/mol. The largest absolute Gasteiger partial charge is 0.302 e. The van der Waals surface area contributed by atoms with E-state index in [-0.39, 0.29) is 5.82 Å². The minimum absolute atomic E-state index is 0.176. The van der Waals surface area contributed by atoms with Gasteiger partial charge in [-0.3, -0.25) is 0 Å². The average molecular weight is 211 g/mol. The summed E-state index contributed by atoms with van der Waals surface area (Å²) >= 11 is 1.36. The summed E-state index contributed by atoms with van der Waals surface area (Å²) < 4.78 is 14.6. The zero-order valence-electron chi connectivity index (χ0n) is 7.40. The van der Waals surface area contributed by atoms with Gasteiger partial charge in [0.25, 0.3) is 0 Å². The summed E-state index contributed by atoms with van der Waals surface area (Å²) in [5, 5.41) is 0. The molecule has 0 bridgehead atoms. The van der Waals surface area contributed by atoms with Crippen molar-refractivity contribution in [3.8, 4) is 0 Å². The van der Waals surface area contributed by atoms with Crippen LogP contribution in [0.2, 0.25) is 0 Å². The molecular formula is C9H10FN3S. The lowest BCUT2D eigenvalue weighted by Gasteiger charge is -2.06. The molecule has 2 rings (SSSR count). The third-order valence-corrected chi connectivity index (χ3v) is 2.69. The maximum Gasteiger partial charge on any atom is 0.126 e. The lowest BCUT2D eigenvalue weighted by Crippen LogP contribution is -2.30. The molecule has 0 amide bonds. The summed E-state index contributed by atoms with van der Waals surface area (Å²) in [6.07, 6.45) is 2.34. The second-order valence-corrected chi connectivity index (χ2v) is 4.03. The van der Waals surface area contributed by atoms with E-state index in [1.54, 1.807) is 18.3 Å². The molecule has 0 atom stereocenters. The van der Waals surface area contributed by atoms with Crippen LogP contribution in [0.4, 0.5) is 4.39 Å². The van der Waals surface area contributed by atoms with Crippen LogP contribution in [0.5, 0.6) is 0 Å². The Hall–Kier alpha value is -1.04. The molecule has 5 heteroatoms. The number of nitrogens with one attached hydrogen (secondary N) is 1. The Labute approximate surface area is 85.8 Å². The van der Waals surface area contributed by atoms with Gasteiger partial charge < -0.3 is 5.43 Å². The van der Waals surface area contributed by atoms with E-state index in [0.29, 0.717) is 12.0 Å². The third kappa shape index (κ3) is 2.06. The third-order valence-electron chi connectivity index (χ3n) is 1.89. The monoisotopic (exact) mass is 211 g/mol. The number of allylic oxidation sites excluding steroid dienone is 1. The topological polar surface area (TPSA) is 41.3 Å². The number of hydrazine groups is 2. The molecule has 1 aliphatic rings. The highest BCUT2D eigenvalue weighted by molar-refractivity contribution is 8.00. The van der Waals surface area contributed by atoms with Gasteiger partial charge in [0.2, 0.25) is 0 Å². The van der Waals surface area contributed by atoms with Crippen molar-refractivity contribution in [1.29, 1.82) is 0 Å². The Kier molecular flexibility index (Phi) is 2.72. The predicted octanol–water partition coefficient (Wildman–Crippen LogP) is 1.55. The number of hydrogen-bond donors (Lipinski definition) is 2. The van der Waals surface area contributed by atoms with Crippen LogP contribution in [0.3, 0.4) is 0 Å². The van der Waals surface area contributed by atoms with Gasteiger partial charge in [-0.1, -0.05) is 22.7 Å². The van der Waals surface area contributed by atoms with Gasteiger partial charge in [-0.15, -0.1) is 0 Å². The second-order valence-electron chi connectivity index (χ2n) is 2.93. The molecule has 0 aromatic heterocycles. The molecule has 0 fully saturated rings. The van der Waals surface area contributed by atoms with E-state index >= 15 is 0 Å². The van der Waals surface area contributed by atoms with Crippen molar-refractivity contribution in [2.75, 3.05) is 0 Å². The maximum absolute atomic E-state index is 13.2. The van der Waals surface area contributed by atoms with Crippen LogP contribution in [-0.2, 0) is 6.42 Å². The number of rotatable bonds is 2. The average Bonchev–Trinajstić information content (AvgIpc) is 2.56. The summed E-state index contributed by atoms with van der Waals surface area (Å²) in [5.41, 5.74) is 3.48. The Morgan fingerprint density at radius 3 is 2.86 bits per heavy atom. The summed E-state index contributed by atoms with van der Waals surface area (Å²) in [6.45, 7) is 0. The van der Waals surface area contributed by atoms with Gasteiger partial charge in [-0.05, 0) is 23.6 Å². The van der Waals surface area contributed by atoms with Gasteiger partial charge in [0.1, 0.15) is 5.82 Å². The van der Waals surface area contributed by atoms with Crippen molar-refractivity contribution in [2.24, 2.45) is 5.84 Å². The fourth-order valence-corrected chi connectivity index (χ4v) is 1.91.